The topological polar surface area (TPSA) is 65.5 Å². The van der Waals surface area contributed by atoms with Gasteiger partial charge in [0.15, 0.2) is 5.13 Å². The van der Waals surface area contributed by atoms with Gasteiger partial charge in [-0.25, -0.2) is 4.98 Å². The molecule has 1 unspecified atom stereocenters. The number of likely N-dealkylation sites (N-methyl/N-ethyl adjacent to an activating group) is 1. The van der Waals surface area contributed by atoms with Crippen molar-refractivity contribution in [2.45, 2.75) is 46.6 Å². The Morgan fingerprint density at radius 2 is 1.93 bits per heavy atom. The van der Waals surface area contributed by atoms with Crippen LogP contribution in [0.5, 0.6) is 0 Å². The molecule has 1 aliphatic rings. The van der Waals surface area contributed by atoms with E-state index >= 15 is 0 Å². The number of carbonyl (C=O) groups excluding carboxylic acids is 2. The van der Waals surface area contributed by atoms with Gasteiger partial charge in [-0.15, -0.1) is 0 Å². The summed E-state index contributed by atoms with van der Waals surface area (Å²) in [4.78, 5) is 33.9. The molecule has 2 aromatic rings. The van der Waals surface area contributed by atoms with Gasteiger partial charge in [0.1, 0.15) is 0 Å². The van der Waals surface area contributed by atoms with E-state index in [4.69, 9.17) is 0 Å². The van der Waals surface area contributed by atoms with Crippen molar-refractivity contribution in [2.24, 2.45) is 11.8 Å². The molecule has 1 saturated heterocycles. The van der Waals surface area contributed by atoms with E-state index in [0.717, 1.165) is 41.3 Å². The Kier molecular flexibility index (Phi) is 7.24. The highest BCUT2D eigenvalue weighted by atomic mass is 32.1. The zero-order valence-electron chi connectivity index (χ0n) is 17.9. The monoisotopic (exact) mass is 416 g/mol. The van der Waals surface area contributed by atoms with E-state index in [2.05, 4.69) is 36.0 Å². The number of thiazole rings is 1. The van der Waals surface area contributed by atoms with Crippen LogP contribution in [-0.2, 0) is 9.59 Å². The number of hydrogen-bond donors (Lipinski definition) is 1. The Morgan fingerprint density at radius 1 is 1.24 bits per heavy atom. The van der Waals surface area contributed by atoms with Crippen molar-refractivity contribution in [1.82, 2.24) is 15.2 Å². The van der Waals surface area contributed by atoms with E-state index in [1.807, 2.05) is 31.2 Å². The summed E-state index contributed by atoms with van der Waals surface area (Å²) < 4.78 is 1.09. The lowest BCUT2D eigenvalue weighted by molar-refractivity contribution is -0.127. The summed E-state index contributed by atoms with van der Waals surface area (Å²) in [6.07, 6.45) is 1.61. The molecule has 0 bridgehead atoms. The van der Waals surface area contributed by atoms with Crippen LogP contribution >= 0.6 is 11.3 Å². The van der Waals surface area contributed by atoms with Crippen LogP contribution in [0, 0.1) is 11.8 Å². The van der Waals surface area contributed by atoms with Crippen molar-refractivity contribution in [2.75, 3.05) is 31.1 Å². The summed E-state index contributed by atoms with van der Waals surface area (Å²) in [5, 5.41) is 3.89. The molecule has 29 heavy (non-hydrogen) atoms. The molecule has 3 rings (SSSR count). The lowest BCUT2D eigenvalue weighted by Crippen LogP contribution is -2.47. The average Bonchev–Trinajstić information content (AvgIpc) is 3.12. The molecule has 1 aromatic carbocycles. The van der Waals surface area contributed by atoms with Gasteiger partial charge >= 0.3 is 0 Å². The van der Waals surface area contributed by atoms with Gasteiger partial charge in [-0.3, -0.25) is 19.4 Å². The second kappa shape index (κ2) is 9.67. The molecule has 1 aromatic heterocycles. The minimum Gasteiger partial charge on any atom is -0.353 e. The van der Waals surface area contributed by atoms with Crippen molar-refractivity contribution >= 4 is 38.5 Å². The Balaban J connectivity index is 1.53. The van der Waals surface area contributed by atoms with E-state index in [1.165, 1.54) is 0 Å². The first kappa shape index (κ1) is 21.7. The predicted octanol–water partition coefficient (Wildman–Crippen LogP) is 3.52. The number of para-hydroxylation sites is 1. The number of piperidine rings is 1. The van der Waals surface area contributed by atoms with Gasteiger partial charge in [-0.1, -0.05) is 37.3 Å². The highest BCUT2D eigenvalue weighted by molar-refractivity contribution is 7.22. The molecule has 0 spiro atoms. The SMILES string of the molecule is CCN(C(=O)CN1CCC(C(=O)NC(C)C(C)C)CC1)c1nc2ccccc2s1. The first-order chi connectivity index (χ1) is 13.9. The van der Waals surface area contributed by atoms with Crippen LogP contribution in [0.15, 0.2) is 24.3 Å². The molecule has 1 N–H and O–H groups in total. The van der Waals surface area contributed by atoms with Gasteiger partial charge in [0.05, 0.1) is 16.8 Å². The number of anilines is 1. The van der Waals surface area contributed by atoms with Crippen LogP contribution in [0.3, 0.4) is 0 Å². The van der Waals surface area contributed by atoms with Crippen LogP contribution in [-0.4, -0.2) is 53.9 Å². The fraction of sp³-hybridized carbons (Fsp3) is 0.591. The third-order valence-electron chi connectivity index (χ3n) is 5.82. The van der Waals surface area contributed by atoms with Crippen molar-refractivity contribution in [3.63, 3.8) is 0 Å². The highest BCUT2D eigenvalue weighted by Gasteiger charge is 2.28. The Labute approximate surface area is 177 Å². The third kappa shape index (κ3) is 5.34. The molecule has 6 nitrogen and oxygen atoms in total. The normalized spacial score (nSPS) is 16.9. The number of carbonyl (C=O) groups is 2. The maximum Gasteiger partial charge on any atom is 0.242 e. The quantitative estimate of drug-likeness (QED) is 0.750. The largest absolute Gasteiger partial charge is 0.353 e. The minimum atomic E-state index is 0.0501. The molecular formula is C22H32N4O2S. The van der Waals surface area contributed by atoms with Crippen molar-refractivity contribution in [1.29, 1.82) is 0 Å². The zero-order valence-corrected chi connectivity index (χ0v) is 18.7. The lowest BCUT2D eigenvalue weighted by atomic mass is 9.95. The van der Waals surface area contributed by atoms with Crippen molar-refractivity contribution in [3.8, 4) is 0 Å². The predicted molar refractivity (Wildman–Crippen MR) is 119 cm³/mol. The van der Waals surface area contributed by atoms with Crippen LogP contribution in [0.4, 0.5) is 5.13 Å². The van der Waals surface area contributed by atoms with Gasteiger partial charge in [0.25, 0.3) is 0 Å². The first-order valence-corrected chi connectivity index (χ1v) is 11.4. The molecule has 7 heteroatoms. The molecule has 0 saturated carbocycles. The second-order valence-corrected chi connectivity index (χ2v) is 9.20. The average molecular weight is 417 g/mol. The lowest BCUT2D eigenvalue weighted by Gasteiger charge is -2.32. The Morgan fingerprint density at radius 3 is 2.55 bits per heavy atom. The molecule has 1 atom stereocenters. The number of fused-ring (bicyclic) bond motifs is 1. The van der Waals surface area contributed by atoms with Gasteiger partial charge in [-0.05, 0) is 57.8 Å². The van der Waals surface area contributed by atoms with Crippen molar-refractivity contribution < 1.29 is 9.59 Å². The van der Waals surface area contributed by atoms with Gasteiger partial charge in [-0.2, -0.15) is 0 Å². The number of aromatic nitrogens is 1. The van der Waals surface area contributed by atoms with Crippen LogP contribution in [0.2, 0.25) is 0 Å². The van der Waals surface area contributed by atoms with Gasteiger partial charge in [0.2, 0.25) is 11.8 Å². The maximum absolute atomic E-state index is 12.9. The van der Waals surface area contributed by atoms with Gasteiger partial charge in [0, 0.05) is 18.5 Å². The first-order valence-electron chi connectivity index (χ1n) is 10.6. The van der Waals surface area contributed by atoms with E-state index in [1.54, 1.807) is 16.2 Å². The standard InChI is InChI=1S/C22H32N4O2S/c1-5-26(22-24-18-8-6-7-9-19(18)29-22)20(27)14-25-12-10-17(11-13-25)21(28)23-16(4)15(2)3/h6-9,15-17H,5,10-14H2,1-4H3,(H,23,28). The molecule has 0 aliphatic carbocycles. The second-order valence-electron chi connectivity index (χ2n) is 8.19. The highest BCUT2D eigenvalue weighted by Crippen LogP contribution is 2.29. The zero-order chi connectivity index (χ0) is 21.0. The molecule has 158 valence electrons. The summed E-state index contributed by atoms with van der Waals surface area (Å²) in [7, 11) is 0. The van der Waals surface area contributed by atoms with E-state index in [0.29, 0.717) is 19.0 Å². The smallest absolute Gasteiger partial charge is 0.242 e. The fourth-order valence-corrected chi connectivity index (χ4v) is 4.58. The molecule has 2 heterocycles. The van der Waals surface area contributed by atoms with Crippen LogP contribution in [0.25, 0.3) is 10.2 Å². The number of likely N-dealkylation sites (tertiary alicyclic amines) is 1. The van der Waals surface area contributed by atoms with Crippen LogP contribution < -0.4 is 10.2 Å². The molecule has 1 aliphatic heterocycles. The maximum atomic E-state index is 12.9. The molecular weight excluding hydrogens is 384 g/mol. The molecule has 0 radical (unpaired) electrons. The minimum absolute atomic E-state index is 0.0501. The molecule has 1 fully saturated rings. The number of benzene rings is 1. The summed E-state index contributed by atoms with van der Waals surface area (Å²) in [5.74, 6) is 0.706. The van der Waals surface area contributed by atoms with E-state index in [-0.39, 0.29) is 23.8 Å². The fourth-order valence-electron chi connectivity index (χ4n) is 3.53. The van der Waals surface area contributed by atoms with E-state index < -0.39 is 0 Å². The third-order valence-corrected chi connectivity index (χ3v) is 6.88. The summed E-state index contributed by atoms with van der Waals surface area (Å²) >= 11 is 1.56. The van der Waals surface area contributed by atoms with Crippen LogP contribution in [0.1, 0.15) is 40.5 Å². The summed E-state index contributed by atoms with van der Waals surface area (Å²) in [6.45, 7) is 10.8. The van der Waals surface area contributed by atoms with E-state index in [9.17, 15) is 9.59 Å². The summed E-state index contributed by atoms with van der Waals surface area (Å²) in [5.41, 5.74) is 0.932. The number of hydrogen-bond acceptors (Lipinski definition) is 5. The number of nitrogens with one attached hydrogen (secondary N) is 1. The molecule has 2 amide bonds. The number of amides is 2. The Hall–Kier alpha value is -1.99. The number of nitrogens with zero attached hydrogens (tertiary/aromatic N) is 3. The Bertz CT molecular complexity index is 809. The number of rotatable bonds is 7. The van der Waals surface area contributed by atoms with Gasteiger partial charge < -0.3 is 5.32 Å². The van der Waals surface area contributed by atoms with Crippen molar-refractivity contribution in [3.05, 3.63) is 24.3 Å². The summed E-state index contributed by atoms with van der Waals surface area (Å²) in [6, 6.07) is 8.15.